The lowest BCUT2D eigenvalue weighted by Gasteiger charge is -2.36. The Hall–Kier alpha value is -1.49. The molecule has 0 amide bonds. The lowest BCUT2D eigenvalue weighted by atomic mass is 9.91. The van der Waals surface area contributed by atoms with Crippen LogP contribution in [0.15, 0.2) is 12.1 Å². The summed E-state index contributed by atoms with van der Waals surface area (Å²) in [5.74, 6) is 1.11. The quantitative estimate of drug-likeness (QED) is 0.712. The van der Waals surface area contributed by atoms with Crippen LogP contribution in [-0.4, -0.2) is 29.3 Å². The molecule has 5 N–H and O–H groups in total. The Balaban J connectivity index is 2.17. The van der Waals surface area contributed by atoms with Crippen molar-refractivity contribution in [2.24, 2.45) is 0 Å². The number of nitrogen functional groups attached to an aromatic ring is 2. The van der Waals surface area contributed by atoms with Gasteiger partial charge in [0, 0.05) is 7.05 Å². The molecule has 0 aliphatic heterocycles. The van der Waals surface area contributed by atoms with Crippen LogP contribution in [0.25, 0.3) is 0 Å². The zero-order valence-electron chi connectivity index (χ0n) is 10.1. The van der Waals surface area contributed by atoms with Gasteiger partial charge >= 0.3 is 0 Å². The third-order valence-electron chi connectivity index (χ3n) is 3.50. The van der Waals surface area contributed by atoms with Crippen LogP contribution in [0.5, 0.6) is 0 Å². The molecule has 0 saturated heterocycles. The number of nitrogens with zero attached hydrogens (tertiary/aromatic N) is 2. The molecule has 0 spiro atoms. The van der Waals surface area contributed by atoms with Gasteiger partial charge in [0.15, 0.2) is 0 Å². The molecule has 1 heterocycles. The van der Waals surface area contributed by atoms with Crippen LogP contribution in [0.1, 0.15) is 25.7 Å². The first kappa shape index (κ1) is 12.0. The first-order valence-electron chi connectivity index (χ1n) is 6.02. The highest BCUT2D eigenvalue weighted by Gasteiger charge is 2.27. The Morgan fingerprint density at radius 2 is 2.00 bits per heavy atom. The summed E-state index contributed by atoms with van der Waals surface area (Å²) in [6.45, 7) is 0. The van der Waals surface area contributed by atoms with Crippen LogP contribution in [0.4, 0.5) is 17.3 Å². The van der Waals surface area contributed by atoms with E-state index in [0.717, 1.165) is 31.5 Å². The fraction of sp³-hybridized carbons (Fsp3) is 0.583. The van der Waals surface area contributed by atoms with Gasteiger partial charge in [0.1, 0.15) is 11.6 Å². The molecule has 1 aromatic rings. The molecule has 1 fully saturated rings. The van der Waals surface area contributed by atoms with Gasteiger partial charge in [0.05, 0.1) is 17.8 Å². The van der Waals surface area contributed by atoms with E-state index >= 15 is 0 Å². The fourth-order valence-electron chi connectivity index (χ4n) is 2.38. The van der Waals surface area contributed by atoms with Crippen molar-refractivity contribution in [3.8, 4) is 0 Å². The summed E-state index contributed by atoms with van der Waals surface area (Å²) in [5.41, 5.74) is 11.8. The number of hydrogen-bond donors (Lipinski definition) is 3. The number of rotatable bonds is 2. The summed E-state index contributed by atoms with van der Waals surface area (Å²) in [7, 11) is 1.94. The summed E-state index contributed by atoms with van der Waals surface area (Å²) in [4.78, 5) is 6.25. The highest BCUT2D eigenvalue weighted by molar-refractivity contribution is 5.62. The molecule has 0 bridgehead atoms. The van der Waals surface area contributed by atoms with Crippen LogP contribution in [0, 0.1) is 0 Å². The van der Waals surface area contributed by atoms with Gasteiger partial charge in [-0.3, -0.25) is 0 Å². The first-order valence-corrected chi connectivity index (χ1v) is 6.02. The summed E-state index contributed by atoms with van der Waals surface area (Å²) in [5, 5.41) is 10.00. The first-order chi connectivity index (χ1) is 8.09. The van der Waals surface area contributed by atoms with E-state index in [1.54, 1.807) is 6.07 Å². The number of anilines is 3. The summed E-state index contributed by atoms with van der Waals surface area (Å²) in [6.07, 6.45) is 3.82. The molecule has 1 aliphatic rings. The second-order valence-corrected chi connectivity index (χ2v) is 4.67. The van der Waals surface area contributed by atoms with Crippen molar-refractivity contribution >= 4 is 17.3 Å². The Morgan fingerprint density at radius 1 is 1.29 bits per heavy atom. The van der Waals surface area contributed by atoms with Crippen molar-refractivity contribution in [3.05, 3.63) is 12.1 Å². The van der Waals surface area contributed by atoms with E-state index in [1.165, 1.54) is 0 Å². The molecule has 1 saturated carbocycles. The minimum absolute atomic E-state index is 0.124. The van der Waals surface area contributed by atoms with Crippen LogP contribution < -0.4 is 16.4 Å². The summed E-state index contributed by atoms with van der Waals surface area (Å²) in [6, 6.07) is 3.72. The maximum absolute atomic E-state index is 10.00. The topological polar surface area (TPSA) is 88.4 Å². The number of aromatic nitrogens is 1. The van der Waals surface area contributed by atoms with Gasteiger partial charge in [-0.05, 0) is 25.0 Å². The van der Waals surface area contributed by atoms with Gasteiger partial charge in [-0.15, -0.1) is 0 Å². The van der Waals surface area contributed by atoms with Gasteiger partial charge in [-0.1, -0.05) is 12.8 Å². The van der Waals surface area contributed by atoms with Crippen molar-refractivity contribution in [1.29, 1.82) is 0 Å². The zero-order chi connectivity index (χ0) is 12.4. The van der Waals surface area contributed by atoms with Crippen molar-refractivity contribution in [2.75, 3.05) is 23.4 Å². The number of hydrogen-bond acceptors (Lipinski definition) is 5. The molecule has 1 aliphatic carbocycles. The molecule has 1 aromatic heterocycles. The minimum atomic E-state index is -0.283. The minimum Gasteiger partial charge on any atom is -0.396 e. The molecule has 2 rings (SSSR count). The van der Waals surface area contributed by atoms with Gasteiger partial charge in [0.2, 0.25) is 0 Å². The monoisotopic (exact) mass is 236 g/mol. The van der Waals surface area contributed by atoms with Gasteiger partial charge in [-0.2, -0.15) is 0 Å². The lowest BCUT2D eigenvalue weighted by molar-refractivity contribution is 0.106. The Labute approximate surface area is 101 Å². The van der Waals surface area contributed by atoms with E-state index in [-0.39, 0.29) is 12.1 Å². The predicted octanol–water partition coefficient (Wildman–Crippen LogP) is 0.986. The van der Waals surface area contributed by atoms with Crippen molar-refractivity contribution < 1.29 is 5.11 Å². The largest absolute Gasteiger partial charge is 0.396 e. The molecular formula is C12H20N4O. The maximum atomic E-state index is 10.00. The van der Waals surface area contributed by atoms with E-state index in [1.807, 2.05) is 18.0 Å². The van der Waals surface area contributed by atoms with Crippen LogP contribution in [0.3, 0.4) is 0 Å². The van der Waals surface area contributed by atoms with Gasteiger partial charge in [-0.25, -0.2) is 4.98 Å². The highest BCUT2D eigenvalue weighted by Crippen LogP contribution is 2.26. The average Bonchev–Trinajstić information content (AvgIpc) is 2.32. The molecule has 0 radical (unpaired) electrons. The van der Waals surface area contributed by atoms with E-state index < -0.39 is 0 Å². The Bertz CT molecular complexity index is 396. The van der Waals surface area contributed by atoms with E-state index in [9.17, 15) is 5.11 Å². The second kappa shape index (κ2) is 4.79. The molecular weight excluding hydrogens is 216 g/mol. The summed E-state index contributed by atoms with van der Waals surface area (Å²) >= 11 is 0. The smallest absolute Gasteiger partial charge is 0.149 e. The van der Waals surface area contributed by atoms with E-state index in [0.29, 0.717) is 11.5 Å². The van der Waals surface area contributed by atoms with Crippen LogP contribution >= 0.6 is 0 Å². The standard InChI is InChI=1S/C12H20N4O/c1-16(9-4-2-3-5-10(9)17)11-7-6-8(13)12(14)15-11/h6-7,9-10,17H,2-5,13H2,1H3,(H2,14,15). The summed E-state index contributed by atoms with van der Waals surface area (Å²) < 4.78 is 0. The predicted molar refractivity (Wildman–Crippen MR) is 69.7 cm³/mol. The molecule has 2 atom stereocenters. The molecule has 2 unspecified atom stereocenters. The fourth-order valence-corrected chi connectivity index (χ4v) is 2.38. The van der Waals surface area contributed by atoms with Crippen LogP contribution in [0.2, 0.25) is 0 Å². The molecule has 5 nitrogen and oxygen atoms in total. The van der Waals surface area contributed by atoms with Gasteiger partial charge < -0.3 is 21.5 Å². The third-order valence-corrected chi connectivity index (χ3v) is 3.50. The second-order valence-electron chi connectivity index (χ2n) is 4.67. The third kappa shape index (κ3) is 2.44. The van der Waals surface area contributed by atoms with Gasteiger partial charge in [0.25, 0.3) is 0 Å². The molecule has 5 heteroatoms. The number of pyridine rings is 1. The number of aliphatic hydroxyl groups is 1. The lowest BCUT2D eigenvalue weighted by Crippen LogP contribution is -2.43. The van der Waals surface area contributed by atoms with E-state index in [4.69, 9.17) is 11.5 Å². The number of nitrogens with two attached hydrogens (primary N) is 2. The highest BCUT2D eigenvalue weighted by atomic mass is 16.3. The van der Waals surface area contributed by atoms with E-state index in [2.05, 4.69) is 4.98 Å². The average molecular weight is 236 g/mol. The Morgan fingerprint density at radius 3 is 2.65 bits per heavy atom. The zero-order valence-corrected chi connectivity index (χ0v) is 10.1. The molecule has 94 valence electrons. The number of aliphatic hydroxyl groups excluding tert-OH is 1. The normalized spacial score (nSPS) is 24.6. The van der Waals surface area contributed by atoms with Crippen molar-refractivity contribution in [1.82, 2.24) is 4.98 Å². The maximum Gasteiger partial charge on any atom is 0.149 e. The van der Waals surface area contributed by atoms with Crippen LogP contribution in [-0.2, 0) is 0 Å². The van der Waals surface area contributed by atoms with Crippen molar-refractivity contribution in [3.63, 3.8) is 0 Å². The SMILES string of the molecule is CN(c1ccc(N)c(N)n1)C1CCCCC1O. The molecule has 17 heavy (non-hydrogen) atoms. The number of likely N-dealkylation sites (N-methyl/N-ethyl adjacent to an activating group) is 1. The molecule has 0 aromatic carbocycles. The van der Waals surface area contributed by atoms with Crippen molar-refractivity contribution in [2.45, 2.75) is 37.8 Å². The Kier molecular flexibility index (Phi) is 3.38.